The van der Waals surface area contributed by atoms with E-state index in [-0.39, 0.29) is 11.8 Å². The van der Waals surface area contributed by atoms with Crippen molar-refractivity contribution in [3.8, 4) is 0 Å². The first-order chi connectivity index (χ1) is 12.0. The maximum Gasteiger partial charge on any atom is 0.266 e. The first-order valence-electron chi connectivity index (χ1n) is 8.64. The van der Waals surface area contributed by atoms with Gasteiger partial charge in [-0.15, -0.1) is 0 Å². The fourth-order valence-electron chi connectivity index (χ4n) is 3.02. The van der Waals surface area contributed by atoms with E-state index < -0.39 is 0 Å². The van der Waals surface area contributed by atoms with Crippen molar-refractivity contribution in [2.75, 3.05) is 19.6 Å². The number of nitrogens with zero attached hydrogens (tertiary/aromatic N) is 2. The summed E-state index contributed by atoms with van der Waals surface area (Å²) in [5.74, 6) is 0.141. The zero-order valence-corrected chi connectivity index (χ0v) is 16.0. The Morgan fingerprint density at radius 3 is 2.60 bits per heavy atom. The highest BCUT2D eigenvalue weighted by Gasteiger charge is 2.31. The molecule has 2 fully saturated rings. The summed E-state index contributed by atoms with van der Waals surface area (Å²) in [6, 6.07) is 8.04. The molecule has 0 N–H and O–H groups in total. The number of hydrogen-bond acceptors (Lipinski definition) is 4. The monoisotopic (exact) mass is 374 g/mol. The Bertz CT molecular complexity index is 707. The molecule has 2 aliphatic heterocycles. The molecule has 4 nitrogen and oxygen atoms in total. The van der Waals surface area contributed by atoms with Crippen molar-refractivity contribution in [1.82, 2.24) is 9.80 Å². The van der Waals surface area contributed by atoms with Gasteiger partial charge >= 0.3 is 0 Å². The molecule has 0 aliphatic carbocycles. The van der Waals surface area contributed by atoms with E-state index in [1.807, 2.05) is 42.2 Å². The maximum atomic E-state index is 12.6. The highest BCUT2D eigenvalue weighted by atomic mass is 32.2. The van der Waals surface area contributed by atoms with Gasteiger partial charge in [-0.2, -0.15) is 0 Å². The molecule has 2 saturated heterocycles. The van der Waals surface area contributed by atoms with Gasteiger partial charge in [-0.05, 0) is 37.8 Å². The second-order valence-corrected chi connectivity index (χ2v) is 8.11. The van der Waals surface area contributed by atoms with Gasteiger partial charge in [-0.1, -0.05) is 53.8 Å². The van der Waals surface area contributed by atoms with Crippen LogP contribution in [0, 0.1) is 6.92 Å². The molecule has 2 heterocycles. The molecule has 2 aliphatic rings. The first-order valence-corrected chi connectivity index (χ1v) is 9.87. The van der Waals surface area contributed by atoms with Crippen LogP contribution in [0.5, 0.6) is 0 Å². The second kappa shape index (κ2) is 8.15. The van der Waals surface area contributed by atoms with E-state index in [0.29, 0.717) is 28.6 Å². The quantitative estimate of drug-likeness (QED) is 0.583. The molecule has 0 unspecified atom stereocenters. The number of rotatable bonds is 5. The van der Waals surface area contributed by atoms with Crippen LogP contribution in [-0.2, 0) is 9.59 Å². The van der Waals surface area contributed by atoms with Crippen LogP contribution in [0.2, 0.25) is 0 Å². The molecule has 1 aromatic rings. The minimum Gasteiger partial charge on any atom is -0.343 e. The third-order valence-electron chi connectivity index (χ3n) is 4.48. The molecule has 2 amide bonds. The largest absolute Gasteiger partial charge is 0.343 e. The van der Waals surface area contributed by atoms with Crippen molar-refractivity contribution >= 4 is 46.2 Å². The van der Waals surface area contributed by atoms with Gasteiger partial charge < -0.3 is 4.90 Å². The number of carbonyl (C=O) groups excluding carboxylic acids is 2. The molecule has 0 spiro atoms. The van der Waals surface area contributed by atoms with Crippen molar-refractivity contribution in [1.29, 1.82) is 0 Å². The molecule has 6 heteroatoms. The average Bonchev–Trinajstić information content (AvgIpc) is 3.21. The summed E-state index contributed by atoms with van der Waals surface area (Å²) in [5, 5.41) is 0. The average molecular weight is 375 g/mol. The number of thiocarbonyl (C=S) groups is 1. The molecule has 132 valence electrons. The summed E-state index contributed by atoms with van der Waals surface area (Å²) in [5.41, 5.74) is 2.18. The zero-order chi connectivity index (χ0) is 17.8. The number of hydrogen-bond donors (Lipinski definition) is 0. The number of amides is 2. The molecule has 0 atom stereocenters. The van der Waals surface area contributed by atoms with Crippen LogP contribution in [0.3, 0.4) is 0 Å². The predicted molar refractivity (Wildman–Crippen MR) is 106 cm³/mol. The molecule has 3 rings (SSSR count). The van der Waals surface area contributed by atoms with E-state index in [2.05, 4.69) is 0 Å². The summed E-state index contributed by atoms with van der Waals surface area (Å²) in [7, 11) is 0. The van der Waals surface area contributed by atoms with Crippen molar-refractivity contribution in [3.63, 3.8) is 0 Å². The van der Waals surface area contributed by atoms with Crippen molar-refractivity contribution in [2.45, 2.75) is 32.6 Å². The Balaban J connectivity index is 1.55. The van der Waals surface area contributed by atoms with E-state index in [9.17, 15) is 9.59 Å². The van der Waals surface area contributed by atoms with Crippen LogP contribution < -0.4 is 0 Å². The van der Waals surface area contributed by atoms with E-state index >= 15 is 0 Å². The fraction of sp³-hybridized carbons (Fsp3) is 0.421. The van der Waals surface area contributed by atoms with Crippen molar-refractivity contribution < 1.29 is 9.59 Å². The number of carbonyl (C=O) groups is 2. The highest BCUT2D eigenvalue weighted by molar-refractivity contribution is 8.26. The molecule has 0 aromatic heterocycles. The maximum absolute atomic E-state index is 12.6. The third kappa shape index (κ3) is 4.50. The van der Waals surface area contributed by atoms with Gasteiger partial charge in [-0.25, -0.2) is 0 Å². The lowest BCUT2D eigenvalue weighted by molar-refractivity contribution is -0.130. The summed E-state index contributed by atoms with van der Waals surface area (Å²) in [4.78, 5) is 28.9. The van der Waals surface area contributed by atoms with Gasteiger partial charge in [0.15, 0.2) is 0 Å². The van der Waals surface area contributed by atoms with Crippen LogP contribution in [-0.4, -0.2) is 45.6 Å². The molecule has 1 aromatic carbocycles. The zero-order valence-electron chi connectivity index (χ0n) is 14.4. The van der Waals surface area contributed by atoms with Gasteiger partial charge in [0.2, 0.25) is 5.91 Å². The minimum atomic E-state index is -0.0517. The summed E-state index contributed by atoms with van der Waals surface area (Å²) < 4.78 is 0.581. The lowest BCUT2D eigenvalue weighted by Crippen LogP contribution is -2.31. The van der Waals surface area contributed by atoms with Gasteiger partial charge in [-0.3, -0.25) is 14.5 Å². The SMILES string of the molecule is Cc1ccc(/C=C2/SC(=S)N(CCCC(=O)N3CCCC3)C2=O)cc1. The first kappa shape index (κ1) is 18.1. The number of aryl methyl sites for hydroxylation is 1. The van der Waals surface area contributed by atoms with E-state index in [1.165, 1.54) is 17.3 Å². The van der Waals surface area contributed by atoms with Crippen LogP contribution in [0.4, 0.5) is 0 Å². The lowest BCUT2D eigenvalue weighted by Gasteiger charge is -2.17. The molecule has 0 radical (unpaired) electrons. The van der Waals surface area contributed by atoms with Crippen LogP contribution >= 0.6 is 24.0 Å². The summed E-state index contributed by atoms with van der Waals surface area (Å²) in [6.45, 7) is 4.29. The van der Waals surface area contributed by atoms with Crippen LogP contribution in [0.15, 0.2) is 29.2 Å². The van der Waals surface area contributed by atoms with E-state index in [0.717, 1.165) is 31.5 Å². The summed E-state index contributed by atoms with van der Waals surface area (Å²) in [6.07, 6.45) is 5.22. The molecule has 25 heavy (non-hydrogen) atoms. The van der Waals surface area contributed by atoms with Crippen LogP contribution in [0.25, 0.3) is 6.08 Å². The smallest absolute Gasteiger partial charge is 0.266 e. The van der Waals surface area contributed by atoms with Crippen molar-refractivity contribution in [2.24, 2.45) is 0 Å². The van der Waals surface area contributed by atoms with Crippen LogP contribution in [0.1, 0.15) is 36.8 Å². The van der Waals surface area contributed by atoms with Gasteiger partial charge in [0.05, 0.1) is 4.91 Å². The molecule has 0 saturated carbocycles. The topological polar surface area (TPSA) is 40.6 Å². The standard InChI is InChI=1S/C19H22N2O2S2/c1-14-6-8-15(9-7-14)13-16-18(23)21(19(24)25-16)12-4-5-17(22)20-10-2-3-11-20/h6-9,13H,2-5,10-12H2,1H3/b16-13+. The van der Waals surface area contributed by atoms with Gasteiger partial charge in [0.25, 0.3) is 5.91 Å². The van der Waals surface area contributed by atoms with Gasteiger partial charge in [0.1, 0.15) is 4.32 Å². The second-order valence-electron chi connectivity index (χ2n) is 6.44. The van der Waals surface area contributed by atoms with Crippen molar-refractivity contribution in [3.05, 3.63) is 40.3 Å². The third-order valence-corrected chi connectivity index (χ3v) is 5.86. The predicted octanol–water partition coefficient (Wildman–Crippen LogP) is 3.60. The molecular weight excluding hydrogens is 352 g/mol. The Morgan fingerprint density at radius 1 is 1.24 bits per heavy atom. The Labute approximate surface area is 158 Å². The van der Waals surface area contributed by atoms with Gasteiger partial charge in [0, 0.05) is 26.1 Å². The minimum absolute atomic E-state index is 0.0517. The Morgan fingerprint density at radius 2 is 1.92 bits per heavy atom. The number of benzene rings is 1. The Kier molecular flexibility index (Phi) is 5.91. The normalized spacial score (nSPS) is 19.3. The molecular formula is C19H22N2O2S2. The highest BCUT2D eigenvalue weighted by Crippen LogP contribution is 2.32. The van der Waals surface area contributed by atoms with E-state index in [1.54, 1.807) is 4.90 Å². The summed E-state index contributed by atoms with van der Waals surface area (Å²) >= 11 is 6.69. The Hall–Kier alpha value is -1.66. The number of thioether (sulfide) groups is 1. The number of likely N-dealkylation sites (tertiary alicyclic amines) is 1. The fourth-order valence-corrected chi connectivity index (χ4v) is 4.33. The lowest BCUT2D eigenvalue weighted by atomic mass is 10.1. The molecule has 0 bridgehead atoms. The van der Waals surface area contributed by atoms with E-state index in [4.69, 9.17) is 12.2 Å².